The molecule has 2 aromatic heterocycles. The zero-order valence-electron chi connectivity index (χ0n) is 12.8. The Morgan fingerprint density at radius 3 is 2.77 bits per heavy atom. The van der Waals surface area contributed by atoms with Crippen LogP contribution in [0.15, 0.2) is 46.2 Å². The van der Waals surface area contributed by atoms with Crippen molar-refractivity contribution >= 4 is 28.2 Å². The SMILES string of the molecule is CCc1ccc2oc(C(=O)N(CC)Cc3cccs3)cc2c1. The third kappa shape index (κ3) is 2.92. The van der Waals surface area contributed by atoms with Gasteiger partial charge >= 0.3 is 0 Å². The predicted molar refractivity (Wildman–Crippen MR) is 90.3 cm³/mol. The van der Waals surface area contributed by atoms with Gasteiger partial charge in [0.1, 0.15) is 5.58 Å². The highest BCUT2D eigenvalue weighted by molar-refractivity contribution is 7.09. The van der Waals surface area contributed by atoms with Crippen LogP contribution < -0.4 is 0 Å². The predicted octanol–water partition coefficient (Wildman–Crippen LogP) is 4.72. The number of fused-ring (bicyclic) bond motifs is 1. The first-order valence-corrected chi connectivity index (χ1v) is 8.43. The van der Waals surface area contributed by atoms with E-state index >= 15 is 0 Å². The van der Waals surface area contributed by atoms with Crippen molar-refractivity contribution in [3.05, 3.63) is 58.0 Å². The molecule has 0 radical (unpaired) electrons. The summed E-state index contributed by atoms with van der Waals surface area (Å²) in [6.45, 7) is 5.40. The zero-order valence-corrected chi connectivity index (χ0v) is 13.7. The lowest BCUT2D eigenvalue weighted by Crippen LogP contribution is -2.29. The van der Waals surface area contributed by atoms with E-state index in [9.17, 15) is 4.79 Å². The average Bonchev–Trinajstić information content (AvgIpc) is 3.20. The number of carbonyl (C=O) groups is 1. The quantitative estimate of drug-likeness (QED) is 0.683. The molecule has 0 aliphatic rings. The van der Waals surface area contributed by atoms with Crippen LogP contribution in [-0.2, 0) is 13.0 Å². The standard InChI is InChI=1S/C18H19NO2S/c1-3-13-7-8-16-14(10-13)11-17(21-16)18(20)19(4-2)12-15-6-5-9-22-15/h5-11H,3-4,12H2,1-2H3. The Balaban J connectivity index is 1.86. The van der Waals surface area contributed by atoms with Crippen LogP contribution in [0.25, 0.3) is 11.0 Å². The van der Waals surface area contributed by atoms with Crippen LogP contribution in [0.3, 0.4) is 0 Å². The second kappa shape index (κ2) is 6.36. The Morgan fingerprint density at radius 1 is 1.23 bits per heavy atom. The number of hydrogen-bond donors (Lipinski definition) is 0. The summed E-state index contributed by atoms with van der Waals surface area (Å²) in [5.41, 5.74) is 2.02. The van der Waals surface area contributed by atoms with E-state index in [2.05, 4.69) is 13.0 Å². The first-order valence-electron chi connectivity index (χ1n) is 7.55. The maximum Gasteiger partial charge on any atom is 0.289 e. The van der Waals surface area contributed by atoms with Crippen LogP contribution in [0.2, 0.25) is 0 Å². The maximum atomic E-state index is 12.7. The van der Waals surface area contributed by atoms with Gasteiger partial charge in [-0.2, -0.15) is 0 Å². The number of aryl methyl sites for hydroxylation is 1. The van der Waals surface area contributed by atoms with E-state index in [0.717, 1.165) is 17.4 Å². The molecule has 0 saturated heterocycles. The molecule has 22 heavy (non-hydrogen) atoms. The minimum absolute atomic E-state index is 0.0508. The zero-order chi connectivity index (χ0) is 15.5. The molecule has 0 unspecified atom stereocenters. The first-order chi connectivity index (χ1) is 10.7. The first kappa shape index (κ1) is 14.9. The van der Waals surface area contributed by atoms with E-state index in [0.29, 0.717) is 18.8 Å². The van der Waals surface area contributed by atoms with Crippen molar-refractivity contribution in [2.75, 3.05) is 6.54 Å². The normalized spacial score (nSPS) is 11.0. The van der Waals surface area contributed by atoms with Gasteiger partial charge in [0.15, 0.2) is 5.76 Å². The second-order valence-corrected chi connectivity index (χ2v) is 6.27. The minimum atomic E-state index is -0.0508. The fraction of sp³-hybridized carbons (Fsp3) is 0.278. The van der Waals surface area contributed by atoms with Gasteiger partial charge in [-0.05, 0) is 48.6 Å². The lowest BCUT2D eigenvalue weighted by molar-refractivity contribution is 0.0724. The summed E-state index contributed by atoms with van der Waals surface area (Å²) in [6.07, 6.45) is 0.976. The number of benzene rings is 1. The molecule has 3 aromatic rings. The van der Waals surface area contributed by atoms with Gasteiger partial charge < -0.3 is 9.32 Å². The van der Waals surface area contributed by atoms with Gasteiger partial charge in [-0.1, -0.05) is 19.1 Å². The summed E-state index contributed by atoms with van der Waals surface area (Å²) < 4.78 is 5.74. The summed E-state index contributed by atoms with van der Waals surface area (Å²) >= 11 is 1.66. The van der Waals surface area contributed by atoms with Crippen molar-refractivity contribution in [3.8, 4) is 0 Å². The van der Waals surface area contributed by atoms with Crippen LogP contribution in [0.5, 0.6) is 0 Å². The van der Waals surface area contributed by atoms with Crippen LogP contribution in [-0.4, -0.2) is 17.4 Å². The van der Waals surface area contributed by atoms with E-state index < -0.39 is 0 Å². The Bertz CT molecular complexity index is 774. The molecule has 0 spiro atoms. The van der Waals surface area contributed by atoms with E-state index in [1.165, 1.54) is 10.4 Å². The monoisotopic (exact) mass is 313 g/mol. The largest absolute Gasteiger partial charge is 0.451 e. The molecule has 0 fully saturated rings. The van der Waals surface area contributed by atoms with Gasteiger partial charge in [0.05, 0.1) is 6.54 Å². The van der Waals surface area contributed by atoms with E-state index in [1.807, 2.05) is 47.5 Å². The van der Waals surface area contributed by atoms with Gasteiger partial charge in [-0.25, -0.2) is 0 Å². The highest BCUT2D eigenvalue weighted by Gasteiger charge is 2.19. The lowest BCUT2D eigenvalue weighted by atomic mass is 10.1. The summed E-state index contributed by atoms with van der Waals surface area (Å²) in [4.78, 5) is 15.7. The van der Waals surface area contributed by atoms with Crippen molar-refractivity contribution in [1.82, 2.24) is 4.90 Å². The number of furan rings is 1. The van der Waals surface area contributed by atoms with Crippen LogP contribution >= 0.6 is 11.3 Å². The Morgan fingerprint density at radius 2 is 2.09 bits per heavy atom. The maximum absolute atomic E-state index is 12.7. The van der Waals surface area contributed by atoms with Gasteiger partial charge in [-0.15, -0.1) is 11.3 Å². The highest BCUT2D eigenvalue weighted by atomic mass is 32.1. The van der Waals surface area contributed by atoms with Gasteiger partial charge in [0.25, 0.3) is 5.91 Å². The number of carbonyl (C=O) groups excluding carboxylic acids is 1. The van der Waals surface area contributed by atoms with Crippen molar-refractivity contribution in [2.24, 2.45) is 0 Å². The summed E-state index contributed by atoms with van der Waals surface area (Å²) in [6, 6.07) is 12.0. The van der Waals surface area contributed by atoms with Crippen LogP contribution in [0, 0.1) is 0 Å². The Hall–Kier alpha value is -2.07. The molecule has 3 rings (SSSR count). The third-order valence-corrected chi connectivity index (χ3v) is 4.66. The molecular formula is C18H19NO2S. The highest BCUT2D eigenvalue weighted by Crippen LogP contribution is 2.23. The number of thiophene rings is 1. The molecule has 0 bridgehead atoms. The average molecular weight is 313 g/mol. The molecule has 0 aliphatic carbocycles. The topological polar surface area (TPSA) is 33.5 Å². The molecule has 1 amide bonds. The second-order valence-electron chi connectivity index (χ2n) is 5.24. The smallest absolute Gasteiger partial charge is 0.289 e. The number of nitrogens with zero attached hydrogens (tertiary/aromatic N) is 1. The van der Waals surface area contributed by atoms with Gasteiger partial charge in [-0.3, -0.25) is 4.79 Å². The van der Waals surface area contributed by atoms with Crippen molar-refractivity contribution < 1.29 is 9.21 Å². The fourth-order valence-electron chi connectivity index (χ4n) is 2.49. The molecule has 2 heterocycles. The number of amides is 1. The molecule has 0 aliphatic heterocycles. The van der Waals surface area contributed by atoms with Crippen LogP contribution in [0.1, 0.15) is 34.8 Å². The van der Waals surface area contributed by atoms with Crippen molar-refractivity contribution in [3.63, 3.8) is 0 Å². The van der Waals surface area contributed by atoms with Crippen LogP contribution in [0.4, 0.5) is 0 Å². The van der Waals surface area contributed by atoms with Crippen molar-refractivity contribution in [2.45, 2.75) is 26.8 Å². The molecule has 0 saturated carbocycles. The van der Waals surface area contributed by atoms with Gasteiger partial charge in [0.2, 0.25) is 0 Å². The number of rotatable bonds is 5. The van der Waals surface area contributed by atoms with E-state index in [4.69, 9.17) is 4.42 Å². The molecular weight excluding hydrogens is 294 g/mol. The minimum Gasteiger partial charge on any atom is -0.451 e. The van der Waals surface area contributed by atoms with Crippen molar-refractivity contribution in [1.29, 1.82) is 0 Å². The summed E-state index contributed by atoms with van der Waals surface area (Å²) in [5, 5.41) is 3.02. The Labute approximate surface area is 134 Å². The lowest BCUT2D eigenvalue weighted by Gasteiger charge is -2.18. The third-order valence-electron chi connectivity index (χ3n) is 3.80. The fourth-order valence-corrected chi connectivity index (χ4v) is 3.21. The molecule has 3 nitrogen and oxygen atoms in total. The van der Waals surface area contributed by atoms with Gasteiger partial charge in [0, 0.05) is 16.8 Å². The molecule has 114 valence electrons. The molecule has 4 heteroatoms. The summed E-state index contributed by atoms with van der Waals surface area (Å²) in [5.74, 6) is 0.367. The molecule has 0 atom stereocenters. The number of hydrogen-bond acceptors (Lipinski definition) is 3. The van der Waals surface area contributed by atoms with E-state index in [-0.39, 0.29) is 5.91 Å². The Kier molecular flexibility index (Phi) is 4.29. The molecule has 1 aromatic carbocycles. The molecule has 0 N–H and O–H groups in total. The van der Waals surface area contributed by atoms with E-state index in [1.54, 1.807) is 11.3 Å². The summed E-state index contributed by atoms with van der Waals surface area (Å²) in [7, 11) is 0.